The molecule has 0 fully saturated rings. The zero-order valence-corrected chi connectivity index (χ0v) is 12.6. The van der Waals surface area contributed by atoms with E-state index in [1.165, 1.54) is 23.1 Å². The number of carbonyl (C=O) groups is 2. The number of nitrogens with one attached hydrogen (secondary N) is 2. The third-order valence-electron chi connectivity index (χ3n) is 2.66. The second-order valence-corrected chi connectivity index (χ2v) is 5.87. The Morgan fingerprint density at radius 3 is 2.70 bits per heavy atom. The second kappa shape index (κ2) is 8.52. The molecule has 112 valence electrons. The highest BCUT2D eigenvalue weighted by molar-refractivity contribution is 7.09. The Balaban J connectivity index is 2.14. The Morgan fingerprint density at radius 1 is 1.35 bits per heavy atom. The summed E-state index contributed by atoms with van der Waals surface area (Å²) in [5.41, 5.74) is 0.0147. The number of rotatable bonds is 8. The minimum atomic E-state index is -1.05. The number of aromatic nitrogens is 1. The van der Waals surface area contributed by atoms with E-state index < -0.39 is 5.97 Å². The zero-order chi connectivity index (χ0) is 15.0. The van der Waals surface area contributed by atoms with E-state index in [1.54, 1.807) is 0 Å². The van der Waals surface area contributed by atoms with Crippen molar-refractivity contribution < 1.29 is 14.7 Å². The predicted molar refractivity (Wildman–Crippen MR) is 78.0 cm³/mol. The molecular formula is C13H21N3O3S. The summed E-state index contributed by atoms with van der Waals surface area (Å²) in [6, 6.07) is -0.248. The van der Waals surface area contributed by atoms with Gasteiger partial charge >= 0.3 is 12.0 Å². The molecule has 0 spiro atoms. The molecule has 0 aliphatic rings. The lowest BCUT2D eigenvalue weighted by molar-refractivity contribution is 0.0691. The van der Waals surface area contributed by atoms with Crippen molar-refractivity contribution in [2.45, 2.75) is 39.7 Å². The molecule has 1 aromatic heterocycles. The zero-order valence-electron chi connectivity index (χ0n) is 11.8. The van der Waals surface area contributed by atoms with Crippen LogP contribution in [0.1, 0.15) is 48.6 Å². The van der Waals surface area contributed by atoms with Crippen LogP contribution in [0.15, 0.2) is 5.38 Å². The lowest BCUT2D eigenvalue weighted by Crippen LogP contribution is -2.35. The molecule has 0 unspecified atom stereocenters. The van der Waals surface area contributed by atoms with Gasteiger partial charge in [0.15, 0.2) is 5.69 Å². The van der Waals surface area contributed by atoms with Crippen molar-refractivity contribution in [3.63, 3.8) is 0 Å². The third kappa shape index (κ3) is 6.51. The highest BCUT2D eigenvalue weighted by Gasteiger charge is 2.09. The van der Waals surface area contributed by atoms with E-state index in [9.17, 15) is 9.59 Å². The van der Waals surface area contributed by atoms with Gasteiger partial charge in [0.1, 0.15) is 5.01 Å². The largest absolute Gasteiger partial charge is 0.476 e. The Morgan fingerprint density at radius 2 is 2.10 bits per heavy atom. The molecule has 0 aliphatic carbocycles. The fourth-order valence-electron chi connectivity index (χ4n) is 1.59. The molecule has 0 radical (unpaired) electrons. The van der Waals surface area contributed by atoms with Gasteiger partial charge in [-0.25, -0.2) is 14.6 Å². The molecule has 0 aromatic carbocycles. The highest BCUT2D eigenvalue weighted by atomic mass is 32.1. The minimum absolute atomic E-state index is 0.0147. The number of carboxylic acid groups (broad SMARTS) is 1. The van der Waals surface area contributed by atoms with Gasteiger partial charge in [-0.3, -0.25) is 0 Å². The maximum absolute atomic E-state index is 11.5. The molecule has 6 nitrogen and oxygen atoms in total. The second-order valence-electron chi connectivity index (χ2n) is 4.93. The molecule has 0 aliphatic heterocycles. The standard InChI is InChI=1S/C13H21N3O3S/c1-9(2)5-3-4-6-14-13(19)15-7-11-16-10(8-20-11)12(17)18/h8-9H,3-7H2,1-2H3,(H,17,18)(H2,14,15,19). The number of carbonyl (C=O) groups excluding carboxylic acids is 1. The number of amides is 2. The third-order valence-corrected chi connectivity index (χ3v) is 3.51. The van der Waals surface area contributed by atoms with Crippen LogP contribution in [-0.2, 0) is 6.54 Å². The Labute approximate surface area is 122 Å². The summed E-state index contributed by atoms with van der Waals surface area (Å²) in [6.45, 7) is 5.26. The molecule has 0 atom stereocenters. The minimum Gasteiger partial charge on any atom is -0.476 e. The lowest BCUT2D eigenvalue weighted by Gasteiger charge is -2.07. The first kappa shape index (κ1) is 16.4. The van der Waals surface area contributed by atoms with Crippen LogP contribution in [0.2, 0.25) is 0 Å². The fourth-order valence-corrected chi connectivity index (χ4v) is 2.30. The number of thiazole rings is 1. The summed E-state index contributed by atoms with van der Waals surface area (Å²) < 4.78 is 0. The molecule has 7 heteroatoms. The molecule has 0 saturated heterocycles. The smallest absolute Gasteiger partial charge is 0.355 e. The quantitative estimate of drug-likeness (QED) is 0.643. The maximum atomic E-state index is 11.5. The van der Waals surface area contributed by atoms with E-state index >= 15 is 0 Å². The number of hydrogen-bond donors (Lipinski definition) is 3. The summed E-state index contributed by atoms with van der Waals surface area (Å²) in [5, 5.41) is 16.2. The SMILES string of the molecule is CC(C)CCCCNC(=O)NCc1nc(C(=O)O)cs1. The number of nitrogens with zero attached hydrogens (tertiary/aromatic N) is 1. The van der Waals surface area contributed by atoms with Gasteiger partial charge in [-0.05, 0) is 12.3 Å². The normalized spacial score (nSPS) is 10.6. The van der Waals surface area contributed by atoms with Gasteiger partial charge in [0.25, 0.3) is 0 Å². The van der Waals surface area contributed by atoms with Gasteiger partial charge in [0.05, 0.1) is 6.54 Å². The lowest BCUT2D eigenvalue weighted by atomic mass is 10.1. The van der Waals surface area contributed by atoms with Crippen molar-refractivity contribution in [2.75, 3.05) is 6.54 Å². The van der Waals surface area contributed by atoms with E-state index in [0.29, 0.717) is 17.5 Å². The van der Waals surface area contributed by atoms with Gasteiger partial charge in [0.2, 0.25) is 0 Å². The van der Waals surface area contributed by atoms with Crippen molar-refractivity contribution in [3.05, 3.63) is 16.1 Å². The first-order chi connectivity index (χ1) is 9.49. The van der Waals surface area contributed by atoms with E-state index in [-0.39, 0.29) is 18.3 Å². The summed E-state index contributed by atoms with van der Waals surface area (Å²) in [4.78, 5) is 26.0. The molecule has 20 heavy (non-hydrogen) atoms. The van der Waals surface area contributed by atoms with Crippen LogP contribution in [-0.4, -0.2) is 28.6 Å². The summed E-state index contributed by atoms with van der Waals surface area (Å²) in [5.74, 6) is -0.362. The van der Waals surface area contributed by atoms with Crippen LogP contribution in [0.4, 0.5) is 4.79 Å². The summed E-state index contributed by atoms with van der Waals surface area (Å²) in [6.07, 6.45) is 3.23. The Hall–Kier alpha value is -1.63. The van der Waals surface area contributed by atoms with E-state index in [2.05, 4.69) is 29.5 Å². The Kier molecular flexibility index (Phi) is 7.00. The van der Waals surface area contributed by atoms with Crippen molar-refractivity contribution in [3.8, 4) is 0 Å². The molecule has 2 amide bonds. The molecule has 0 saturated carbocycles. The number of urea groups is 1. The summed E-state index contributed by atoms with van der Waals surface area (Å²) >= 11 is 1.22. The number of carboxylic acids is 1. The van der Waals surface area contributed by atoms with Crippen LogP contribution in [0.5, 0.6) is 0 Å². The number of aromatic carboxylic acids is 1. The van der Waals surface area contributed by atoms with Crippen LogP contribution in [0.25, 0.3) is 0 Å². The summed E-state index contributed by atoms with van der Waals surface area (Å²) in [7, 11) is 0. The average Bonchev–Trinajstić information content (AvgIpc) is 2.84. The first-order valence-corrected chi connectivity index (χ1v) is 7.56. The van der Waals surface area contributed by atoms with Crippen LogP contribution >= 0.6 is 11.3 Å². The predicted octanol–water partition coefficient (Wildman–Crippen LogP) is 2.47. The van der Waals surface area contributed by atoms with Gasteiger partial charge < -0.3 is 15.7 Å². The molecular weight excluding hydrogens is 278 g/mol. The topological polar surface area (TPSA) is 91.3 Å². The van der Waals surface area contributed by atoms with E-state index in [4.69, 9.17) is 5.11 Å². The van der Waals surface area contributed by atoms with Crippen LogP contribution < -0.4 is 10.6 Å². The van der Waals surface area contributed by atoms with Crippen molar-refractivity contribution >= 4 is 23.3 Å². The highest BCUT2D eigenvalue weighted by Crippen LogP contribution is 2.09. The molecule has 1 heterocycles. The van der Waals surface area contributed by atoms with Crippen molar-refractivity contribution in [2.24, 2.45) is 5.92 Å². The average molecular weight is 299 g/mol. The van der Waals surface area contributed by atoms with Gasteiger partial charge in [-0.15, -0.1) is 11.3 Å². The molecule has 1 aromatic rings. The van der Waals surface area contributed by atoms with Crippen LogP contribution in [0, 0.1) is 5.92 Å². The first-order valence-electron chi connectivity index (χ1n) is 6.68. The van der Waals surface area contributed by atoms with Gasteiger partial charge in [-0.2, -0.15) is 0 Å². The maximum Gasteiger partial charge on any atom is 0.355 e. The molecule has 1 rings (SSSR count). The van der Waals surface area contributed by atoms with Crippen molar-refractivity contribution in [1.29, 1.82) is 0 Å². The molecule has 3 N–H and O–H groups in total. The van der Waals surface area contributed by atoms with Crippen LogP contribution in [0.3, 0.4) is 0 Å². The van der Waals surface area contributed by atoms with E-state index in [1.807, 2.05) is 0 Å². The van der Waals surface area contributed by atoms with Gasteiger partial charge in [0, 0.05) is 11.9 Å². The van der Waals surface area contributed by atoms with Crippen molar-refractivity contribution in [1.82, 2.24) is 15.6 Å². The van der Waals surface area contributed by atoms with Gasteiger partial charge in [-0.1, -0.05) is 26.7 Å². The molecule has 0 bridgehead atoms. The number of unbranched alkanes of at least 4 members (excludes halogenated alkanes) is 1. The monoisotopic (exact) mass is 299 g/mol. The van der Waals surface area contributed by atoms with E-state index in [0.717, 1.165) is 12.8 Å². The number of hydrogen-bond acceptors (Lipinski definition) is 4. The fraction of sp³-hybridized carbons (Fsp3) is 0.615. The Bertz CT molecular complexity index is 446.